The van der Waals surface area contributed by atoms with E-state index in [1.807, 2.05) is 6.07 Å². The van der Waals surface area contributed by atoms with Crippen LogP contribution in [0, 0.1) is 17.2 Å². The highest BCUT2D eigenvalue weighted by Gasteiger charge is 2.16. The smallest absolute Gasteiger partial charge is 0.237 e. The second-order valence-corrected chi connectivity index (χ2v) is 4.19. The molecule has 84 valence electrons. The maximum absolute atomic E-state index is 8.67. The van der Waals surface area contributed by atoms with Gasteiger partial charge >= 0.3 is 0 Å². The highest BCUT2D eigenvalue weighted by Crippen LogP contribution is 2.26. The first kappa shape index (κ1) is 10.7. The second kappa shape index (κ2) is 4.84. The first-order chi connectivity index (χ1) is 7.79. The van der Waals surface area contributed by atoms with Gasteiger partial charge in [0.1, 0.15) is 6.07 Å². The summed E-state index contributed by atoms with van der Waals surface area (Å²) < 4.78 is 5.57. The van der Waals surface area contributed by atoms with Crippen LogP contribution in [0.3, 0.4) is 0 Å². The molecule has 1 aromatic heterocycles. The van der Waals surface area contributed by atoms with Gasteiger partial charge in [0.25, 0.3) is 0 Å². The molecule has 4 heteroatoms. The minimum atomic E-state index is 0.442. The third kappa shape index (κ3) is 2.43. The van der Waals surface area contributed by atoms with Crippen LogP contribution in [0.1, 0.15) is 31.2 Å². The molecule has 2 N–H and O–H groups in total. The number of hydrogen-bond acceptors (Lipinski definition) is 4. The van der Waals surface area contributed by atoms with Crippen molar-refractivity contribution in [3.05, 3.63) is 17.8 Å². The Labute approximate surface area is 95.0 Å². The molecule has 16 heavy (non-hydrogen) atoms. The highest BCUT2D eigenvalue weighted by atomic mass is 16.5. The van der Waals surface area contributed by atoms with Gasteiger partial charge in [-0.1, -0.05) is 12.8 Å². The molecular weight excluding hydrogens is 202 g/mol. The average molecular weight is 217 g/mol. The Morgan fingerprint density at radius 2 is 2.25 bits per heavy atom. The zero-order valence-electron chi connectivity index (χ0n) is 9.15. The van der Waals surface area contributed by atoms with Crippen molar-refractivity contribution < 1.29 is 4.74 Å². The number of nitrogens with two attached hydrogens (primary N) is 1. The Hall–Kier alpha value is -1.76. The Balaban J connectivity index is 1.96. The van der Waals surface area contributed by atoms with E-state index in [1.54, 1.807) is 6.07 Å². The van der Waals surface area contributed by atoms with Crippen LogP contribution in [0.4, 0.5) is 5.69 Å². The fraction of sp³-hybridized carbons (Fsp3) is 0.500. The summed E-state index contributed by atoms with van der Waals surface area (Å²) >= 11 is 0. The van der Waals surface area contributed by atoms with Gasteiger partial charge in [0.2, 0.25) is 5.88 Å². The van der Waals surface area contributed by atoms with Crippen molar-refractivity contribution in [2.24, 2.45) is 5.92 Å². The number of pyridine rings is 1. The van der Waals surface area contributed by atoms with Gasteiger partial charge in [-0.2, -0.15) is 5.26 Å². The summed E-state index contributed by atoms with van der Waals surface area (Å²) in [6, 6.07) is 3.59. The topological polar surface area (TPSA) is 71.9 Å². The molecule has 0 spiro atoms. The second-order valence-electron chi connectivity index (χ2n) is 4.19. The summed E-state index contributed by atoms with van der Waals surface area (Å²) in [7, 11) is 0. The Bertz CT molecular complexity index is 405. The zero-order valence-corrected chi connectivity index (χ0v) is 9.15. The van der Waals surface area contributed by atoms with Crippen molar-refractivity contribution in [1.82, 2.24) is 4.98 Å². The third-order valence-corrected chi connectivity index (χ3v) is 2.94. The molecule has 4 nitrogen and oxygen atoms in total. The summed E-state index contributed by atoms with van der Waals surface area (Å²) in [6.45, 7) is 0.684. The van der Waals surface area contributed by atoms with Gasteiger partial charge in [-0.25, -0.2) is 4.98 Å². The van der Waals surface area contributed by atoms with Gasteiger partial charge in [0.15, 0.2) is 0 Å². The normalized spacial score (nSPS) is 15.9. The van der Waals surface area contributed by atoms with Crippen molar-refractivity contribution in [2.45, 2.75) is 25.7 Å². The molecule has 0 unspecified atom stereocenters. The molecule has 0 amide bonds. The standard InChI is InChI=1S/C12H15N3O/c13-6-10-5-11(14)12(15-7-10)16-8-9-3-1-2-4-9/h5,7,9H,1-4,8,14H2. The Kier molecular flexibility index (Phi) is 3.25. The first-order valence-corrected chi connectivity index (χ1v) is 5.58. The lowest BCUT2D eigenvalue weighted by molar-refractivity contribution is 0.245. The fourth-order valence-electron chi connectivity index (χ4n) is 2.02. The number of anilines is 1. The predicted octanol–water partition coefficient (Wildman–Crippen LogP) is 2.10. The van der Waals surface area contributed by atoms with Crippen LogP contribution in [-0.4, -0.2) is 11.6 Å². The summed E-state index contributed by atoms with van der Waals surface area (Å²) in [5.74, 6) is 1.09. The van der Waals surface area contributed by atoms with Crippen molar-refractivity contribution in [3.63, 3.8) is 0 Å². The maximum Gasteiger partial charge on any atom is 0.237 e. The molecule has 1 heterocycles. The Morgan fingerprint density at radius 3 is 2.88 bits per heavy atom. The molecule has 0 radical (unpaired) electrons. The van der Waals surface area contributed by atoms with E-state index in [0.717, 1.165) is 0 Å². The molecule has 0 saturated heterocycles. The van der Waals surface area contributed by atoms with E-state index in [2.05, 4.69) is 4.98 Å². The van der Waals surface area contributed by atoms with Crippen molar-refractivity contribution in [3.8, 4) is 11.9 Å². The van der Waals surface area contributed by atoms with Crippen molar-refractivity contribution in [1.29, 1.82) is 5.26 Å². The number of nitrogen functional groups attached to an aromatic ring is 1. The lowest BCUT2D eigenvalue weighted by atomic mass is 10.1. The summed E-state index contributed by atoms with van der Waals surface area (Å²) in [5, 5.41) is 8.67. The number of nitriles is 1. The van der Waals surface area contributed by atoms with E-state index in [0.29, 0.717) is 29.7 Å². The third-order valence-electron chi connectivity index (χ3n) is 2.94. The van der Waals surface area contributed by atoms with E-state index in [-0.39, 0.29) is 0 Å². The van der Waals surface area contributed by atoms with Crippen LogP contribution in [0.15, 0.2) is 12.3 Å². The first-order valence-electron chi connectivity index (χ1n) is 5.58. The summed E-state index contributed by atoms with van der Waals surface area (Å²) in [6.07, 6.45) is 6.54. The number of aromatic nitrogens is 1. The number of hydrogen-bond donors (Lipinski definition) is 1. The number of rotatable bonds is 3. The van der Waals surface area contributed by atoms with Crippen LogP contribution in [0.5, 0.6) is 5.88 Å². The van der Waals surface area contributed by atoms with Gasteiger partial charge in [0.05, 0.1) is 17.9 Å². The van der Waals surface area contributed by atoms with Crippen LogP contribution in [0.2, 0.25) is 0 Å². The van der Waals surface area contributed by atoms with Crippen molar-refractivity contribution >= 4 is 5.69 Å². The van der Waals surface area contributed by atoms with E-state index in [1.165, 1.54) is 31.9 Å². The van der Waals surface area contributed by atoms with Crippen LogP contribution in [-0.2, 0) is 0 Å². The largest absolute Gasteiger partial charge is 0.476 e. The maximum atomic E-state index is 8.67. The molecule has 0 aliphatic heterocycles. The van der Waals surface area contributed by atoms with E-state index < -0.39 is 0 Å². The van der Waals surface area contributed by atoms with Crippen LogP contribution >= 0.6 is 0 Å². The highest BCUT2D eigenvalue weighted by molar-refractivity contribution is 5.51. The van der Waals surface area contributed by atoms with Crippen molar-refractivity contribution in [2.75, 3.05) is 12.3 Å². The summed E-state index contributed by atoms with van der Waals surface area (Å²) in [4.78, 5) is 4.04. The van der Waals surface area contributed by atoms with Gasteiger partial charge in [-0.05, 0) is 24.8 Å². The molecule has 0 aromatic carbocycles. The quantitative estimate of drug-likeness (QED) is 0.841. The molecule has 1 aromatic rings. The van der Waals surface area contributed by atoms with Gasteiger partial charge < -0.3 is 10.5 Å². The fourth-order valence-corrected chi connectivity index (χ4v) is 2.02. The lowest BCUT2D eigenvalue weighted by Gasteiger charge is -2.11. The molecule has 1 saturated carbocycles. The SMILES string of the molecule is N#Cc1cnc(OCC2CCCC2)c(N)c1. The van der Waals surface area contributed by atoms with E-state index in [4.69, 9.17) is 15.7 Å². The average Bonchev–Trinajstić information content (AvgIpc) is 2.80. The minimum Gasteiger partial charge on any atom is -0.476 e. The molecule has 2 rings (SSSR count). The number of nitrogens with zero attached hydrogens (tertiary/aromatic N) is 2. The van der Waals surface area contributed by atoms with Crippen LogP contribution < -0.4 is 10.5 Å². The molecule has 1 aliphatic rings. The zero-order chi connectivity index (χ0) is 11.4. The summed E-state index contributed by atoms with van der Waals surface area (Å²) in [5.41, 5.74) is 6.65. The van der Waals surface area contributed by atoms with Gasteiger partial charge in [0, 0.05) is 6.20 Å². The molecule has 0 bridgehead atoms. The molecule has 1 fully saturated rings. The lowest BCUT2D eigenvalue weighted by Crippen LogP contribution is -2.10. The predicted molar refractivity (Wildman–Crippen MR) is 60.8 cm³/mol. The molecular formula is C12H15N3O. The number of ether oxygens (including phenoxy) is 1. The van der Waals surface area contributed by atoms with Crippen LogP contribution in [0.25, 0.3) is 0 Å². The van der Waals surface area contributed by atoms with E-state index in [9.17, 15) is 0 Å². The van der Waals surface area contributed by atoms with Gasteiger partial charge in [-0.3, -0.25) is 0 Å². The van der Waals surface area contributed by atoms with E-state index >= 15 is 0 Å². The minimum absolute atomic E-state index is 0.442. The van der Waals surface area contributed by atoms with Gasteiger partial charge in [-0.15, -0.1) is 0 Å². The Morgan fingerprint density at radius 1 is 1.50 bits per heavy atom. The monoisotopic (exact) mass is 217 g/mol. The molecule has 1 aliphatic carbocycles. The molecule has 0 atom stereocenters.